The maximum Gasteiger partial charge on any atom is 0.116 e. The normalized spacial score (nSPS) is 19.5. The Bertz CT molecular complexity index is 777. The van der Waals surface area contributed by atoms with Crippen molar-refractivity contribution < 1.29 is 0 Å². The van der Waals surface area contributed by atoms with E-state index in [-0.39, 0.29) is 0 Å². The molecule has 1 aromatic heterocycles. The van der Waals surface area contributed by atoms with Crippen molar-refractivity contribution in [2.24, 2.45) is 0 Å². The zero-order valence-corrected chi connectivity index (χ0v) is 14.8. The highest BCUT2D eigenvalue weighted by molar-refractivity contribution is 5.82. The largest absolute Gasteiger partial charge is 0.317 e. The average molecular weight is 334 g/mol. The third kappa shape index (κ3) is 4.00. The zero-order valence-electron chi connectivity index (χ0n) is 14.8. The van der Waals surface area contributed by atoms with Crippen LogP contribution in [0, 0.1) is 11.8 Å². The van der Waals surface area contributed by atoms with Gasteiger partial charge in [0.25, 0.3) is 0 Å². The summed E-state index contributed by atoms with van der Waals surface area (Å²) in [4.78, 5) is 11.5. The summed E-state index contributed by atoms with van der Waals surface area (Å²) in [5, 5.41) is 4.61. The van der Waals surface area contributed by atoms with Gasteiger partial charge in [-0.2, -0.15) is 0 Å². The SMILES string of the molecule is C(#Cc1ccc2ncnc(C3CCNCC3)c2c1)CN1CCCCC1. The molecule has 0 radical (unpaired) electrons. The van der Waals surface area contributed by atoms with Crippen LogP contribution in [0.4, 0.5) is 0 Å². The molecule has 0 bridgehead atoms. The van der Waals surface area contributed by atoms with Gasteiger partial charge >= 0.3 is 0 Å². The van der Waals surface area contributed by atoms with Gasteiger partial charge < -0.3 is 5.32 Å². The smallest absolute Gasteiger partial charge is 0.116 e. The minimum Gasteiger partial charge on any atom is -0.317 e. The molecule has 0 atom stereocenters. The third-order valence-corrected chi connectivity index (χ3v) is 5.38. The van der Waals surface area contributed by atoms with Gasteiger partial charge in [0.2, 0.25) is 0 Å². The van der Waals surface area contributed by atoms with Crippen LogP contribution in [-0.4, -0.2) is 47.6 Å². The second-order valence-corrected chi connectivity index (χ2v) is 7.15. The maximum absolute atomic E-state index is 4.63. The van der Waals surface area contributed by atoms with Crippen LogP contribution in [0.2, 0.25) is 0 Å². The van der Waals surface area contributed by atoms with E-state index in [2.05, 4.69) is 50.2 Å². The van der Waals surface area contributed by atoms with Crippen molar-refractivity contribution in [2.75, 3.05) is 32.7 Å². The molecule has 25 heavy (non-hydrogen) atoms. The van der Waals surface area contributed by atoms with Gasteiger partial charge in [0, 0.05) is 16.9 Å². The summed E-state index contributed by atoms with van der Waals surface area (Å²) in [6.45, 7) is 5.42. The summed E-state index contributed by atoms with van der Waals surface area (Å²) in [5.74, 6) is 7.25. The van der Waals surface area contributed by atoms with Crippen LogP contribution in [0.25, 0.3) is 10.9 Å². The summed E-state index contributed by atoms with van der Waals surface area (Å²) in [6, 6.07) is 6.37. The molecule has 4 rings (SSSR count). The van der Waals surface area contributed by atoms with Gasteiger partial charge in [-0.1, -0.05) is 18.3 Å². The summed E-state index contributed by atoms with van der Waals surface area (Å²) >= 11 is 0. The Morgan fingerprint density at radius 1 is 1.08 bits per heavy atom. The minimum atomic E-state index is 0.531. The molecule has 4 nitrogen and oxygen atoms in total. The molecular weight excluding hydrogens is 308 g/mol. The van der Waals surface area contributed by atoms with Crippen LogP contribution in [0.15, 0.2) is 24.5 Å². The Labute approximate surface area is 150 Å². The third-order valence-electron chi connectivity index (χ3n) is 5.38. The van der Waals surface area contributed by atoms with Crippen LogP contribution in [0.1, 0.15) is 49.3 Å². The number of hydrogen-bond donors (Lipinski definition) is 1. The number of benzene rings is 1. The van der Waals surface area contributed by atoms with Crippen molar-refractivity contribution in [2.45, 2.75) is 38.0 Å². The highest BCUT2D eigenvalue weighted by Crippen LogP contribution is 2.29. The van der Waals surface area contributed by atoms with Crippen LogP contribution in [0.5, 0.6) is 0 Å². The number of aromatic nitrogens is 2. The first kappa shape index (κ1) is 16.5. The molecule has 1 N–H and O–H groups in total. The molecule has 2 aromatic rings. The van der Waals surface area contributed by atoms with Crippen molar-refractivity contribution in [3.05, 3.63) is 35.8 Å². The Hall–Kier alpha value is -1.96. The molecule has 130 valence electrons. The fraction of sp³-hybridized carbons (Fsp3) is 0.524. The molecule has 2 aliphatic heterocycles. The van der Waals surface area contributed by atoms with Crippen LogP contribution < -0.4 is 5.32 Å². The molecule has 2 aliphatic rings. The van der Waals surface area contributed by atoms with Crippen molar-refractivity contribution in [1.29, 1.82) is 0 Å². The fourth-order valence-corrected chi connectivity index (χ4v) is 3.95. The Balaban J connectivity index is 1.56. The lowest BCUT2D eigenvalue weighted by Gasteiger charge is -2.23. The quantitative estimate of drug-likeness (QED) is 0.858. The van der Waals surface area contributed by atoms with E-state index >= 15 is 0 Å². The predicted molar refractivity (Wildman–Crippen MR) is 102 cm³/mol. The Morgan fingerprint density at radius 2 is 1.92 bits per heavy atom. The van der Waals surface area contributed by atoms with Crippen molar-refractivity contribution in [3.63, 3.8) is 0 Å². The number of hydrogen-bond acceptors (Lipinski definition) is 4. The van der Waals surface area contributed by atoms with Gasteiger partial charge in [-0.3, -0.25) is 4.90 Å². The first-order valence-electron chi connectivity index (χ1n) is 9.57. The van der Waals surface area contributed by atoms with Gasteiger partial charge in [-0.05, 0) is 70.1 Å². The van der Waals surface area contributed by atoms with Crippen LogP contribution in [-0.2, 0) is 0 Å². The second-order valence-electron chi connectivity index (χ2n) is 7.15. The van der Waals surface area contributed by atoms with E-state index in [0.717, 1.165) is 43.6 Å². The minimum absolute atomic E-state index is 0.531. The fourth-order valence-electron chi connectivity index (χ4n) is 3.95. The first-order chi connectivity index (χ1) is 12.4. The lowest BCUT2D eigenvalue weighted by molar-refractivity contribution is 0.255. The predicted octanol–water partition coefficient (Wildman–Crippen LogP) is 2.93. The molecule has 0 spiro atoms. The summed E-state index contributed by atoms with van der Waals surface area (Å²) in [7, 11) is 0. The molecule has 4 heteroatoms. The van der Waals surface area contributed by atoms with Crippen molar-refractivity contribution >= 4 is 10.9 Å². The molecule has 0 aliphatic carbocycles. The van der Waals surface area contributed by atoms with Gasteiger partial charge in [-0.15, -0.1) is 0 Å². The Morgan fingerprint density at radius 3 is 2.76 bits per heavy atom. The molecule has 0 amide bonds. The standard InChI is InChI=1S/C21H26N4/c1-2-12-25(13-3-1)14-4-5-17-6-7-20-19(15-17)21(24-16-23-20)18-8-10-22-11-9-18/h6-7,15-16,18,22H,1-3,8-14H2. The first-order valence-corrected chi connectivity index (χ1v) is 9.57. The summed E-state index contributed by atoms with van der Waals surface area (Å²) in [5.41, 5.74) is 3.31. The number of nitrogens with zero attached hydrogens (tertiary/aromatic N) is 3. The number of nitrogens with one attached hydrogen (secondary N) is 1. The van der Waals surface area contributed by atoms with Gasteiger partial charge in [0.15, 0.2) is 0 Å². The average Bonchev–Trinajstić information content (AvgIpc) is 2.69. The molecule has 0 saturated carbocycles. The van der Waals surface area contributed by atoms with E-state index < -0.39 is 0 Å². The molecule has 2 fully saturated rings. The second kappa shape index (κ2) is 7.95. The molecule has 1 aromatic carbocycles. The number of likely N-dealkylation sites (tertiary alicyclic amines) is 1. The van der Waals surface area contributed by atoms with E-state index in [1.54, 1.807) is 6.33 Å². The van der Waals surface area contributed by atoms with E-state index in [4.69, 9.17) is 0 Å². The number of fused-ring (bicyclic) bond motifs is 1. The molecule has 3 heterocycles. The van der Waals surface area contributed by atoms with Crippen molar-refractivity contribution in [1.82, 2.24) is 20.2 Å². The molecule has 0 unspecified atom stereocenters. The number of rotatable bonds is 2. The lowest BCUT2D eigenvalue weighted by Crippen LogP contribution is -2.29. The van der Waals surface area contributed by atoms with E-state index in [1.165, 1.54) is 43.4 Å². The van der Waals surface area contributed by atoms with E-state index in [0.29, 0.717) is 5.92 Å². The topological polar surface area (TPSA) is 41.1 Å². The zero-order chi connectivity index (χ0) is 16.9. The van der Waals surface area contributed by atoms with E-state index in [9.17, 15) is 0 Å². The summed E-state index contributed by atoms with van der Waals surface area (Å²) in [6.07, 6.45) is 8.01. The van der Waals surface area contributed by atoms with E-state index in [1.807, 2.05) is 0 Å². The van der Waals surface area contributed by atoms with Crippen LogP contribution in [0.3, 0.4) is 0 Å². The summed E-state index contributed by atoms with van der Waals surface area (Å²) < 4.78 is 0. The highest BCUT2D eigenvalue weighted by atomic mass is 15.1. The highest BCUT2D eigenvalue weighted by Gasteiger charge is 2.19. The lowest BCUT2D eigenvalue weighted by atomic mass is 9.91. The monoisotopic (exact) mass is 334 g/mol. The number of piperidine rings is 2. The molecule has 2 saturated heterocycles. The van der Waals surface area contributed by atoms with Crippen molar-refractivity contribution in [3.8, 4) is 11.8 Å². The van der Waals surface area contributed by atoms with Gasteiger partial charge in [0.05, 0.1) is 17.8 Å². The van der Waals surface area contributed by atoms with Gasteiger partial charge in [-0.25, -0.2) is 9.97 Å². The van der Waals surface area contributed by atoms with Crippen LogP contribution >= 0.6 is 0 Å². The molecular formula is C21H26N4. The maximum atomic E-state index is 4.63. The van der Waals surface area contributed by atoms with Gasteiger partial charge in [0.1, 0.15) is 6.33 Å². The Kier molecular flexibility index (Phi) is 5.25.